The Morgan fingerprint density at radius 2 is 1.70 bits per heavy atom. The predicted molar refractivity (Wildman–Crippen MR) is 94.2 cm³/mol. The number of hydrogen-bond donors (Lipinski definition) is 1. The van der Waals surface area contributed by atoms with E-state index in [4.69, 9.17) is 0 Å². The van der Waals surface area contributed by atoms with Crippen molar-refractivity contribution in [2.45, 2.75) is 33.6 Å². The fourth-order valence-electron chi connectivity index (χ4n) is 2.25. The van der Waals surface area contributed by atoms with Gasteiger partial charge in [0.25, 0.3) is 0 Å². The van der Waals surface area contributed by atoms with E-state index in [1.165, 1.54) is 12.8 Å². The van der Waals surface area contributed by atoms with Crippen LogP contribution in [0.3, 0.4) is 0 Å². The van der Waals surface area contributed by atoms with Gasteiger partial charge in [0.1, 0.15) is 0 Å². The van der Waals surface area contributed by atoms with Crippen molar-refractivity contribution in [1.29, 1.82) is 0 Å². The third-order valence-electron chi connectivity index (χ3n) is 3.26. The SMILES string of the molecule is CCCC1=CC=C[C]1[SiH2]c1ccccc1.CCNCC. The van der Waals surface area contributed by atoms with Crippen molar-refractivity contribution in [3.05, 3.63) is 59.7 Å². The number of rotatable bonds is 6. The van der Waals surface area contributed by atoms with Gasteiger partial charge in [-0.05, 0) is 19.5 Å². The Morgan fingerprint density at radius 1 is 1.00 bits per heavy atom. The highest BCUT2D eigenvalue weighted by Gasteiger charge is 2.15. The van der Waals surface area contributed by atoms with Crippen LogP contribution in [0.5, 0.6) is 0 Å². The summed E-state index contributed by atoms with van der Waals surface area (Å²) in [5.41, 5.74) is 3.20. The molecule has 2 heteroatoms. The molecule has 0 atom stereocenters. The van der Waals surface area contributed by atoms with Crippen LogP contribution in [0.4, 0.5) is 0 Å². The summed E-state index contributed by atoms with van der Waals surface area (Å²) in [4.78, 5) is 0. The van der Waals surface area contributed by atoms with Gasteiger partial charge in [-0.15, -0.1) is 0 Å². The van der Waals surface area contributed by atoms with Crippen molar-refractivity contribution in [3.8, 4) is 0 Å². The van der Waals surface area contributed by atoms with E-state index in [-0.39, 0.29) is 9.52 Å². The van der Waals surface area contributed by atoms with E-state index in [9.17, 15) is 0 Å². The number of allylic oxidation sites excluding steroid dienone is 4. The Bertz CT molecular complexity index is 407. The maximum absolute atomic E-state index is 3.11. The summed E-state index contributed by atoms with van der Waals surface area (Å²) in [5.74, 6) is 0. The zero-order valence-corrected chi connectivity index (χ0v) is 14.6. The molecule has 0 saturated heterocycles. The third-order valence-corrected chi connectivity index (χ3v) is 5.21. The maximum Gasteiger partial charge on any atom is 0.0717 e. The molecular weight excluding hydrogens is 258 g/mol. The lowest BCUT2D eigenvalue weighted by molar-refractivity contribution is 0.762. The van der Waals surface area contributed by atoms with Gasteiger partial charge in [0.15, 0.2) is 0 Å². The minimum Gasteiger partial charge on any atom is -0.317 e. The van der Waals surface area contributed by atoms with Crippen molar-refractivity contribution in [3.63, 3.8) is 0 Å². The molecule has 1 aliphatic carbocycles. The lowest BCUT2D eigenvalue weighted by Gasteiger charge is -2.11. The molecule has 1 radical (unpaired) electrons. The summed E-state index contributed by atoms with van der Waals surface area (Å²) in [6, 6.07) is 10.9. The number of hydrogen-bond acceptors (Lipinski definition) is 1. The van der Waals surface area contributed by atoms with Crippen molar-refractivity contribution >= 4 is 14.7 Å². The molecule has 0 amide bonds. The molecule has 2 rings (SSSR count). The van der Waals surface area contributed by atoms with Crippen molar-refractivity contribution in [1.82, 2.24) is 5.32 Å². The normalized spacial score (nSPS) is 14.4. The average Bonchev–Trinajstić information content (AvgIpc) is 2.89. The zero-order chi connectivity index (χ0) is 14.6. The molecule has 1 aromatic rings. The lowest BCUT2D eigenvalue weighted by atomic mass is 10.1. The fraction of sp³-hybridized carbons (Fsp3) is 0.389. The van der Waals surface area contributed by atoms with E-state index in [0.717, 1.165) is 13.1 Å². The topological polar surface area (TPSA) is 12.0 Å². The van der Waals surface area contributed by atoms with Crippen LogP contribution in [0.1, 0.15) is 33.6 Å². The first-order chi connectivity index (χ1) is 9.81. The average molecular weight is 287 g/mol. The molecule has 109 valence electrons. The Balaban J connectivity index is 0.000000347. The van der Waals surface area contributed by atoms with Crippen LogP contribution in [-0.2, 0) is 0 Å². The molecule has 20 heavy (non-hydrogen) atoms. The van der Waals surface area contributed by atoms with E-state index in [0.29, 0.717) is 0 Å². The van der Waals surface area contributed by atoms with Crippen molar-refractivity contribution in [2.24, 2.45) is 0 Å². The molecule has 0 unspecified atom stereocenters. The molecule has 1 aliphatic rings. The van der Waals surface area contributed by atoms with E-state index >= 15 is 0 Å². The molecule has 0 bridgehead atoms. The molecule has 1 N–H and O–H groups in total. The second-order valence-corrected chi connectivity index (χ2v) is 6.88. The first-order valence-corrected chi connectivity index (χ1v) is 9.21. The van der Waals surface area contributed by atoms with Gasteiger partial charge in [-0.25, -0.2) is 0 Å². The van der Waals surface area contributed by atoms with Gasteiger partial charge in [0.2, 0.25) is 0 Å². The summed E-state index contributed by atoms with van der Waals surface area (Å²) < 4.78 is 0. The second-order valence-electron chi connectivity index (χ2n) is 4.95. The van der Waals surface area contributed by atoms with Gasteiger partial charge in [0.05, 0.1) is 9.52 Å². The van der Waals surface area contributed by atoms with Crippen LogP contribution in [0.2, 0.25) is 0 Å². The molecule has 0 aliphatic heterocycles. The van der Waals surface area contributed by atoms with Crippen LogP contribution in [0.15, 0.2) is 54.1 Å². The third kappa shape index (κ3) is 6.35. The highest BCUT2D eigenvalue weighted by molar-refractivity contribution is 6.61. The van der Waals surface area contributed by atoms with Gasteiger partial charge in [0, 0.05) is 5.54 Å². The fourth-order valence-corrected chi connectivity index (χ4v) is 3.97. The van der Waals surface area contributed by atoms with Gasteiger partial charge in [-0.1, -0.05) is 86.5 Å². The van der Waals surface area contributed by atoms with Gasteiger partial charge in [-0.2, -0.15) is 0 Å². The highest BCUT2D eigenvalue weighted by Crippen LogP contribution is 2.24. The summed E-state index contributed by atoms with van der Waals surface area (Å²) in [6.07, 6.45) is 9.29. The largest absolute Gasteiger partial charge is 0.317 e. The summed E-state index contributed by atoms with van der Waals surface area (Å²) >= 11 is 0. The van der Waals surface area contributed by atoms with Crippen LogP contribution in [-0.4, -0.2) is 22.6 Å². The zero-order valence-electron chi connectivity index (χ0n) is 13.2. The van der Waals surface area contributed by atoms with Crippen LogP contribution >= 0.6 is 0 Å². The lowest BCUT2D eigenvalue weighted by Crippen LogP contribution is -2.20. The minimum atomic E-state index is -0.241. The smallest absolute Gasteiger partial charge is 0.0717 e. The van der Waals surface area contributed by atoms with Crippen molar-refractivity contribution in [2.75, 3.05) is 13.1 Å². The molecule has 0 fully saturated rings. The van der Waals surface area contributed by atoms with Crippen LogP contribution in [0.25, 0.3) is 0 Å². The Labute approximate surface area is 127 Å². The minimum absolute atomic E-state index is 0.241. The Hall–Kier alpha value is -1.12. The summed E-state index contributed by atoms with van der Waals surface area (Å²) in [6.45, 7) is 8.64. The molecular formula is C18H28NSi. The van der Waals surface area contributed by atoms with Crippen molar-refractivity contribution < 1.29 is 0 Å². The first-order valence-electron chi connectivity index (χ1n) is 7.79. The number of benzene rings is 1. The van der Waals surface area contributed by atoms with E-state index < -0.39 is 0 Å². The van der Waals surface area contributed by atoms with Gasteiger partial charge in [-0.3, -0.25) is 0 Å². The van der Waals surface area contributed by atoms with E-state index in [1.54, 1.807) is 16.3 Å². The first kappa shape index (κ1) is 16.9. The molecule has 1 aromatic carbocycles. The quantitative estimate of drug-likeness (QED) is 0.793. The molecule has 0 saturated carbocycles. The Morgan fingerprint density at radius 3 is 2.25 bits per heavy atom. The van der Waals surface area contributed by atoms with Gasteiger partial charge >= 0.3 is 0 Å². The maximum atomic E-state index is 3.11. The molecule has 0 spiro atoms. The monoisotopic (exact) mass is 286 g/mol. The summed E-state index contributed by atoms with van der Waals surface area (Å²) in [7, 11) is -0.241. The molecule has 1 nitrogen and oxygen atoms in total. The van der Waals surface area contributed by atoms with Gasteiger partial charge < -0.3 is 5.32 Å². The highest BCUT2D eigenvalue weighted by atomic mass is 28.2. The van der Waals surface area contributed by atoms with Crippen LogP contribution in [0, 0.1) is 5.54 Å². The van der Waals surface area contributed by atoms with E-state index in [2.05, 4.69) is 74.6 Å². The summed E-state index contributed by atoms with van der Waals surface area (Å²) in [5, 5.41) is 4.65. The van der Waals surface area contributed by atoms with E-state index in [1.807, 2.05) is 0 Å². The Kier molecular flexibility index (Phi) is 9.01. The number of nitrogens with one attached hydrogen (secondary N) is 1. The second kappa shape index (κ2) is 10.6. The standard InChI is InChI=1S/C14H17Si.C4H11N/c1-2-7-12-8-6-11-14(12)15-13-9-4-3-5-10-13;1-3-5-4-2/h3-6,8-11H,2,7,15H2,1H3;5H,3-4H2,1-2H3. The van der Waals surface area contributed by atoms with Crippen LogP contribution < -0.4 is 10.5 Å². The molecule has 0 heterocycles. The molecule has 0 aromatic heterocycles. The predicted octanol–water partition coefficient (Wildman–Crippen LogP) is 2.92.